The van der Waals surface area contributed by atoms with E-state index < -0.39 is 0 Å². The van der Waals surface area contributed by atoms with Gasteiger partial charge in [0.25, 0.3) is 0 Å². The fourth-order valence-electron chi connectivity index (χ4n) is 3.55. The fourth-order valence-corrected chi connectivity index (χ4v) is 3.55. The molecule has 1 aromatic carbocycles. The molecule has 25 heavy (non-hydrogen) atoms. The number of aryl methyl sites for hydroxylation is 3. The van der Waals surface area contributed by atoms with Crippen molar-refractivity contribution in [3.05, 3.63) is 53.6 Å². The van der Waals surface area contributed by atoms with Gasteiger partial charge in [-0.1, -0.05) is 50.1 Å². The molecule has 0 bridgehead atoms. The third-order valence-corrected chi connectivity index (χ3v) is 4.85. The molecule has 1 aromatic heterocycles. The van der Waals surface area contributed by atoms with Crippen molar-refractivity contribution in [3.63, 3.8) is 0 Å². The lowest BCUT2D eigenvalue weighted by Gasteiger charge is -2.27. The van der Waals surface area contributed by atoms with Gasteiger partial charge in [0.05, 0.1) is 12.0 Å². The highest BCUT2D eigenvalue weighted by Crippen LogP contribution is 2.18. The molecule has 3 heteroatoms. The van der Waals surface area contributed by atoms with E-state index in [1.165, 1.54) is 55.6 Å². The van der Waals surface area contributed by atoms with E-state index in [2.05, 4.69) is 61.1 Å². The van der Waals surface area contributed by atoms with Crippen molar-refractivity contribution >= 4 is 0 Å². The van der Waals surface area contributed by atoms with Crippen LogP contribution >= 0.6 is 0 Å². The summed E-state index contributed by atoms with van der Waals surface area (Å²) in [6.07, 6.45) is 10.2. The van der Waals surface area contributed by atoms with E-state index in [4.69, 9.17) is 0 Å². The monoisotopic (exact) mass is 341 g/mol. The molecule has 0 spiro atoms. The van der Waals surface area contributed by atoms with Gasteiger partial charge in [-0.3, -0.25) is 4.90 Å². The summed E-state index contributed by atoms with van der Waals surface area (Å²) in [4.78, 5) is 7.13. The highest BCUT2D eigenvalue weighted by molar-refractivity contribution is 5.21. The maximum Gasteiger partial charge on any atom is 0.0946 e. The van der Waals surface area contributed by atoms with Gasteiger partial charge < -0.3 is 4.57 Å². The Morgan fingerprint density at radius 2 is 1.84 bits per heavy atom. The Bertz CT molecular complexity index is 600. The molecule has 0 aliphatic heterocycles. The Hall–Kier alpha value is -1.61. The van der Waals surface area contributed by atoms with Crippen LogP contribution < -0.4 is 0 Å². The van der Waals surface area contributed by atoms with Gasteiger partial charge in [0, 0.05) is 26.3 Å². The number of benzene rings is 1. The van der Waals surface area contributed by atoms with Crippen LogP contribution in [0.15, 0.2) is 36.8 Å². The molecule has 138 valence electrons. The lowest BCUT2D eigenvalue weighted by molar-refractivity contribution is 0.209. The van der Waals surface area contributed by atoms with Gasteiger partial charge in [-0.05, 0) is 50.6 Å². The molecule has 0 radical (unpaired) electrons. The maximum atomic E-state index is 4.49. The Kier molecular flexibility index (Phi) is 8.20. The van der Waals surface area contributed by atoms with Crippen LogP contribution in [0.25, 0.3) is 0 Å². The number of aromatic nitrogens is 2. The van der Waals surface area contributed by atoms with Gasteiger partial charge in [0.1, 0.15) is 0 Å². The number of imidazole rings is 1. The fraction of sp³-hybridized carbons (Fsp3) is 0.591. The quantitative estimate of drug-likeness (QED) is 0.574. The van der Waals surface area contributed by atoms with E-state index in [9.17, 15) is 0 Å². The molecule has 0 fully saturated rings. The van der Waals surface area contributed by atoms with E-state index in [0.29, 0.717) is 0 Å². The Balaban J connectivity index is 1.93. The molecule has 0 saturated heterocycles. The van der Waals surface area contributed by atoms with Crippen LogP contribution in [0.4, 0.5) is 0 Å². The summed E-state index contributed by atoms with van der Waals surface area (Å²) in [6, 6.07) is 9.01. The zero-order valence-electron chi connectivity index (χ0n) is 16.5. The zero-order valence-corrected chi connectivity index (χ0v) is 16.5. The summed E-state index contributed by atoms with van der Waals surface area (Å²) in [5, 5.41) is 0. The predicted octanol–water partition coefficient (Wildman–Crippen LogP) is 4.99. The minimum atomic E-state index is 0.754. The summed E-state index contributed by atoms with van der Waals surface area (Å²) < 4.78 is 2.05. The standard InChI is InChI=1S/C22H35N3/c1-5-7-20(12-13-22-17-24(4)18-23-22)15-25(14-6-2)16-21-10-8-19(3)9-11-21/h8-11,17-18,20H,5-7,12-16H2,1-4H3. The first kappa shape index (κ1) is 19.7. The van der Waals surface area contributed by atoms with Crippen LogP contribution in [-0.4, -0.2) is 27.5 Å². The average molecular weight is 342 g/mol. The molecule has 1 atom stereocenters. The minimum absolute atomic E-state index is 0.754. The topological polar surface area (TPSA) is 21.1 Å². The number of nitrogens with zero attached hydrogens (tertiary/aromatic N) is 3. The minimum Gasteiger partial charge on any atom is -0.340 e. The molecule has 2 aromatic rings. The molecule has 1 unspecified atom stereocenters. The van der Waals surface area contributed by atoms with Gasteiger partial charge >= 0.3 is 0 Å². The lowest BCUT2D eigenvalue weighted by atomic mass is 9.96. The summed E-state index contributed by atoms with van der Waals surface area (Å²) in [6.45, 7) is 10.2. The highest BCUT2D eigenvalue weighted by atomic mass is 15.1. The molecule has 3 nitrogen and oxygen atoms in total. The third-order valence-electron chi connectivity index (χ3n) is 4.85. The summed E-state index contributed by atoms with van der Waals surface area (Å²) in [5.74, 6) is 0.754. The van der Waals surface area contributed by atoms with E-state index in [1.54, 1.807) is 0 Å². The number of rotatable bonds is 11. The van der Waals surface area contributed by atoms with Crippen LogP contribution in [-0.2, 0) is 20.0 Å². The van der Waals surface area contributed by atoms with Crippen LogP contribution in [0.1, 0.15) is 56.4 Å². The van der Waals surface area contributed by atoms with Crippen molar-refractivity contribution < 1.29 is 0 Å². The molecule has 0 aliphatic carbocycles. The molecule has 0 N–H and O–H groups in total. The third kappa shape index (κ3) is 7.03. The highest BCUT2D eigenvalue weighted by Gasteiger charge is 2.14. The van der Waals surface area contributed by atoms with E-state index in [1.807, 2.05) is 17.9 Å². The van der Waals surface area contributed by atoms with Gasteiger partial charge in [-0.2, -0.15) is 0 Å². The molecule has 1 heterocycles. The van der Waals surface area contributed by atoms with Gasteiger partial charge in [0.2, 0.25) is 0 Å². The van der Waals surface area contributed by atoms with E-state index in [0.717, 1.165) is 18.9 Å². The smallest absolute Gasteiger partial charge is 0.0946 e. The van der Waals surface area contributed by atoms with Crippen LogP contribution in [0.5, 0.6) is 0 Å². The average Bonchev–Trinajstić information content (AvgIpc) is 3.00. The Labute approximate surface area is 154 Å². The van der Waals surface area contributed by atoms with Gasteiger partial charge in [-0.15, -0.1) is 0 Å². The first-order chi connectivity index (χ1) is 12.1. The Morgan fingerprint density at radius 3 is 2.44 bits per heavy atom. The maximum absolute atomic E-state index is 4.49. The largest absolute Gasteiger partial charge is 0.340 e. The van der Waals surface area contributed by atoms with Gasteiger partial charge in [-0.25, -0.2) is 4.98 Å². The summed E-state index contributed by atoms with van der Waals surface area (Å²) >= 11 is 0. The second-order valence-electron chi connectivity index (χ2n) is 7.44. The molecule has 0 aliphatic rings. The first-order valence-electron chi connectivity index (χ1n) is 9.85. The Morgan fingerprint density at radius 1 is 1.08 bits per heavy atom. The zero-order chi connectivity index (χ0) is 18.1. The van der Waals surface area contributed by atoms with Crippen molar-refractivity contribution in [2.45, 2.75) is 59.4 Å². The first-order valence-corrected chi connectivity index (χ1v) is 9.85. The molecular formula is C22H35N3. The van der Waals surface area contributed by atoms with E-state index in [-0.39, 0.29) is 0 Å². The van der Waals surface area contributed by atoms with Crippen molar-refractivity contribution in [1.29, 1.82) is 0 Å². The molecule has 2 rings (SSSR count). The van der Waals surface area contributed by atoms with Crippen molar-refractivity contribution in [2.24, 2.45) is 13.0 Å². The predicted molar refractivity (Wildman–Crippen MR) is 107 cm³/mol. The molecular weight excluding hydrogens is 306 g/mol. The van der Waals surface area contributed by atoms with Crippen LogP contribution in [0, 0.1) is 12.8 Å². The normalized spacial score (nSPS) is 12.7. The number of hydrogen-bond acceptors (Lipinski definition) is 2. The van der Waals surface area contributed by atoms with Crippen molar-refractivity contribution in [3.8, 4) is 0 Å². The van der Waals surface area contributed by atoms with Crippen LogP contribution in [0.3, 0.4) is 0 Å². The van der Waals surface area contributed by atoms with Crippen molar-refractivity contribution in [2.75, 3.05) is 13.1 Å². The molecule has 0 saturated carbocycles. The summed E-state index contributed by atoms with van der Waals surface area (Å²) in [5.41, 5.74) is 3.99. The SMILES string of the molecule is CCCC(CCc1cn(C)cn1)CN(CCC)Cc1ccc(C)cc1. The second kappa shape index (κ2) is 10.4. The number of hydrogen-bond donors (Lipinski definition) is 0. The lowest BCUT2D eigenvalue weighted by Crippen LogP contribution is -2.30. The van der Waals surface area contributed by atoms with E-state index >= 15 is 0 Å². The summed E-state index contributed by atoms with van der Waals surface area (Å²) in [7, 11) is 2.05. The molecule has 0 amide bonds. The second-order valence-corrected chi connectivity index (χ2v) is 7.44. The van der Waals surface area contributed by atoms with Crippen LogP contribution in [0.2, 0.25) is 0 Å². The van der Waals surface area contributed by atoms with Crippen molar-refractivity contribution in [1.82, 2.24) is 14.5 Å². The van der Waals surface area contributed by atoms with Gasteiger partial charge in [0.15, 0.2) is 0 Å².